The summed E-state index contributed by atoms with van der Waals surface area (Å²) in [6.07, 6.45) is 5.02. The molecule has 7 nitrogen and oxygen atoms in total. The van der Waals surface area contributed by atoms with Gasteiger partial charge in [-0.3, -0.25) is 4.79 Å². The summed E-state index contributed by atoms with van der Waals surface area (Å²) in [5.74, 6) is -2.39. The van der Waals surface area contributed by atoms with E-state index >= 15 is 4.39 Å². The number of rotatable bonds is 6. The number of hydrogen-bond donors (Lipinski definition) is 3. The summed E-state index contributed by atoms with van der Waals surface area (Å²) in [6.45, 7) is 2.83. The second-order valence-electron chi connectivity index (χ2n) is 8.97. The van der Waals surface area contributed by atoms with E-state index < -0.39 is 36.0 Å². The number of carbonyl (C=O) groups is 2. The summed E-state index contributed by atoms with van der Waals surface area (Å²) in [5.41, 5.74) is 5.92. The number of carboxylic acids is 1. The molecule has 4 aliphatic rings. The van der Waals surface area contributed by atoms with Gasteiger partial charge in [0.15, 0.2) is 5.78 Å². The molecule has 0 radical (unpaired) electrons. The molecule has 8 heteroatoms. The van der Waals surface area contributed by atoms with Crippen molar-refractivity contribution in [2.75, 3.05) is 6.54 Å². The first-order valence-corrected chi connectivity index (χ1v) is 11.0. The fourth-order valence-corrected chi connectivity index (χ4v) is 5.68. The van der Waals surface area contributed by atoms with Gasteiger partial charge in [-0.05, 0) is 38.6 Å². The van der Waals surface area contributed by atoms with Crippen LogP contribution in [0.3, 0.4) is 0 Å². The van der Waals surface area contributed by atoms with Crippen molar-refractivity contribution in [2.45, 2.75) is 94.4 Å². The Hall–Kier alpha value is -1.51. The number of carbonyl (C=O) groups excluding carboxylic acids is 1. The molecule has 3 fully saturated rings. The molecule has 2 heterocycles. The minimum Gasteiger partial charge on any atom is -0.478 e. The summed E-state index contributed by atoms with van der Waals surface area (Å²) >= 11 is 0. The maximum atomic E-state index is 15.2. The van der Waals surface area contributed by atoms with E-state index in [2.05, 4.69) is 12.2 Å². The summed E-state index contributed by atoms with van der Waals surface area (Å²) in [4.78, 5) is 26.6. The first-order chi connectivity index (χ1) is 13.9. The van der Waals surface area contributed by atoms with Crippen LogP contribution in [0, 0.1) is 5.92 Å². The van der Waals surface area contributed by atoms with E-state index in [1.807, 2.05) is 4.90 Å². The maximum Gasteiger partial charge on any atom is 0.340 e. The number of halogens is 1. The second-order valence-corrected chi connectivity index (χ2v) is 8.97. The highest BCUT2D eigenvalue weighted by atomic mass is 19.1. The molecule has 0 aromatic carbocycles. The van der Waals surface area contributed by atoms with E-state index in [1.165, 1.54) is 6.20 Å². The molecule has 0 aromatic rings. The number of carboxylic acid groups (broad SMARTS) is 1. The molecule has 2 aliphatic heterocycles. The molecule has 0 amide bonds. The van der Waals surface area contributed by atoms with Crippen LogP contribution in [-0.4, -0.2) is 70.9 Å². The molecule has 1 saturated heterocycles. The number of hydrogen-bond acceptors (Lipinski definition) is 6. The van der Waals surface area contributed by atoms with Gasteiger partial charge in [-0.1, -0.05) is 19.8 Å². The smallest absolute Gasteiger partial charge is 0.340 e. The maximum absolute atomic E-state index is 15.2. The summed E-state index contributed by atoms with van der Waals surface area (Å²) in [7, 11) is 0. The molecule has 162 valence electrons. The van der Waals surface area contributed by atoms with Gasteiger partial charge in [-0.2, -0.15) is 0 Å². The lowest BCUT2D eigenvalue weighted by atomic mass is 9.69. The van der Waals surface area contributed by atoms with Gasteiger partial charge >= 0.3 is 5.97 Å². The van der Waals surface area contributed by atoms with Crippen molar-refractivity contribution in [3.63, 3.8) is 0 Å². The van der Waals surface area contributed by atoms with E-state index in [-0.39, 0.29) is 36.2 Å². The van der Waals surface area contributed by atoms with Crippen LogP contribution in [0.1, 0.15) is 51.9 Å². The lowest BCUT2D eigenvalue weighted by Gasteiger charge is -2.59. The number of nitrogens with zero attached hydrogens (tertiary/aromatic N) is 1. The zero-order chi connectivity index (χ0) is 20.7. The number of aliphatic carboxylic acids is 1. The van der Waals surface area contributed by atoms with Crippen molar-refractivity contribution in [2.24, 2.45) is 11.7 Å². The Balaban J connectivity index is 1.65. The van der Waals surface area contributed by atoms with Crippen LogP contribution >= 0.6 is 0 Å². The van der Waals surface area contributed by atoms with Crippen molar-refractivity contribution in [3.05, 3.63) is 11.8 Å². The number of ether oxygens (including phenoxy) is 1. The van der Waals surface area contributed by atoms with Gasteiger partial charge in [0.2, 0.25) is 0 Å². The zero-order valence-corrected chi connectivity index (χ0v) is 16.9. The first-order valence-electron chi connectivity index (χ1n) is 11.0. The van der Waals surface area contributed by atoms with Gasteiger partial charge in [0.05, 0.1) is 30.3 Å². The molecule has 29 heavy (non-hydrogen) atoms. The van der Waals surface area contributed by atoms with Gasteiger partial charge in [-0.25, -0.2) is 9.18 Å². The van der Waals surface area contributed by atoms with E-state index in [9.17, 15) is 14.7 Å². The van der Waals surface area contributed by atoms with E-state index in [0.29, 0.717) is 13.0 Å². The molecule has 4 rings (SSSR count). The summed E-state index contributed by atoms with van der Waals surface area (Å²) < 4.78 is 21.6. The lowest BCUT2D eigenvalue weighted by molar-refractivity contribution is -0.198. The van der Waals surface area contributed by atoms with Crippen LogP contribution in [-0.2, 0) is 14.3 Å². The van der Waals surface area contributed by atoms with Crippen molar-refractivity contribution >= 4 is 11.8 Å². The highest BCUT2D eigenvalue weighted by molar-refractivity contribution is 6.18. The largest absolute Gasteiger partial charge is 0.478 e. The minimum absolute atomic E-state index is 0.0158. The van der Waals surface area contributed by atoms with Crippen molar-refractivity contribution in [1.82, 2.24) is 10.2 Å². The Bertz CT molecular complexity index is 687. The van der Waals surface area contributed by atoms with Gasteiger partial charge in [-0.15, -0.1) is 0 Å². The standard InChI is InChI=1S/C21H32FN3O4/c1-2-3-4-7-24-17-14(22)9-12-18-20(17)29-16-8-11(23)5-6-15(16)25(18)10-13(19(12)26)21(27)28/h10-12,14-18,20,24H,2-9,23H2,1H3,(H,27,28). The number of alkyl halides is 1. The predicted molar refractivity (Wildman–Crippen MR) is 105 cm³/mol. The van der Waals surface area contributed by atoms with Crippen LogP contribution in [0.15, 0.2) is 11.8 Å². The van der Waals surface area contributed by atoms with Crippen molar-refractivity contribution in [1.29, 1.82) is 0 Å². The normalized spacial score (nSPS) is 41.4. The number of fused-ring (bicyclic) bond motifs is 2. The third kappa shape index (κ3) is 3.70. The van der Waals surface area contributed by atoms with Crippen LogP contribution in [0.5, 0.6) is 0 Å². The second kappa shape index (κ2) is 8.32. The fraction of sp³-hybridized carbons (Fsp3) is 0.810. The Kier molecular flexibility index (Phi) is 5.95. The third-order valence-corrected chi connectivity index (χ3v) is 7.10. The Morgan fingerprint density at radius 1 is 1.38 bits per heavy atom. The summed E-state index contributed by atoms with van der Waals surface area (Å²) in [5, 5.41) is 12.9. The monoisotopic (exact) mass is 409 g/mol. The average Bonchev–Trinajstić information content (AvgIpc) is 2.68. The highest BCUT2D eigenvalue weighted by Gasteiger charge is 2.58. The van der Waals surface area contributed by atoms with E-state index in [4.69, 9.17) is 10.5 Å². The SMILES string of the molecule is CCCCCNC1C(F)CC2C(=O)C(C(=O)O)=CN3C4CCC(N)CC4OC1C23. The highest BCUT2D eigenvalue weighted by Crippen LogP contribution is 2.45. The van der Waals surface area contributed by atoms with Gasteiger partial charge in [0, 0.05) is 18.2 Å². The molecule has 8 atom stereocenters. The molecule has 8 unspecified atom stereocenters. The average molecular weight is 410 g/mol. The topological polar surface area (TPSA) is 105 Å². The Morgan fingerprint density at radius 2 is 2.17 bits per heavy atom. The predicted octanol–water partition coefficient (Wildman–Crippen LogP) is 1.36. The molecule has 2 aliphatic carbocycles. The molecule has 0 bridgehead atoms. The van der Waals surface area contributed by atoms with Gasteiger partial charge in [0.1, 0.15) is 11.7 Å². The molecular weight excluding hydrogens is 377 g/mol. The van der Waals surface area contributed by atoms with E-state index in [1.54, 1.807) is 0 Å². The zero-order valence-electron chi connectivity index (χ0n) is 16.9. The first kappa shape index (κ1) is 20.8. The molecule has 0 aromatic heterocycles. The number of nitrogens with one attached hydrogen (secondary N) is 1. The number of Topliss-reactive ketones (excluding diaryl/α,β-unsaturated/α-hetero) is 1. The van der Waals surface area contributed by atoms with Crippen molar-refractivity contribution < 1.29 is 23.8 Å². The number of unbranched alkanes of at least 4 members (excludes halogenated alkanes) is 2. The number of ketones is 1. The summed E-state index contributed by atoms with van der Waals surface area (Å²) in [6, 6.07) is -0.810. The van der Waals surface area contributed by atoms with Crippen molar-refractivity contribution in [3.8, 4) is 0 Å². The Morgan fingerprint density at radius 3 is 2.90 bits per heavy atom. The molecule has 4 N–H and O–H groups in total. The van der Waals surface area contributed by atoms with Gasteiger partial charge in [0.25, 0.3) is 0 Å². The van der Waals surface area contributed by atoms with Crippen LogP contribution in [0.25, 0.3) is 0 Å². The Labute approximate surface area is 170 Å². The van der Waals surface area contributed by atoms with Crippen LogP contribution in [0.4, 0.5) is 4.39 Å². The van der Waals surface area contributed by atoms with E-state index in [0.717, 1.165) is 32.1 Å². The van der Waals surface area contributed by atoms with Crippen LogP contribution < -0.4 is 11.1 Å². The quantitative estimate of drug-likeness (QED) is 0.449. The fourth-order valence-electron chi connectivity index (χ4n) is 5.68. The molecule has 2 saturated carbocycles. The van der Waals surface area contributed by atoms with Crippen LogP contribution in [0.2, 0.25) is 0 Å². The number of morpholine rings is 1. The van der Waals surface area contributed by atoms with Gasteiger partial charge < -0.3 is 25.8 Å². The minimum atomic E-state index is -1.25. The third-order valence-electron chi connectivity index (χ3n) is 7.10. The number of nitrogens with two attached hydrogens (primary N) is 1. The molecule has 0 spiro atoms. The lowest BCUT2D eigenvalue weighted by Crippen LogP contribution is -2.73. The molecular formula is C21H32FN3O4.